The highest BCUT2D eigenvalue weighted by Crippen LogP contribution is 2.14. The van der Waals surface area contributed by atoms with Gasteiger partial charge in [-0.3, -0.25) is 0 Å². The molecule has 0 aromatic heterocycles. The molecule has 0 saturated carbocycles. The van der Waals surface area contributed by atoms with Gasteiger partial charge in [-0.15, -0.1) is 0 Å². The molecule has 15 heavy (non-hydrogen) atoms. The van der Waals surface area contributed by atoms with Gasteiger partial charge in [-0.2, -0.15) is 0 Å². The lowest BCUT2D eigenvalue weighted by Gasteiger charge is -2.25. The van der Waals surface area contributed by atoms with E-state index in [1.807, 2.05) is 0 Å². The van der Waals surface area contributed by atoms with Gasteiger partial charge in [0, 0.05) is 0 Å². The minimum Gasteiger partial charge on any atom is -0.461 e. The smallest absolute Gasteiger partial charge is 0.169 e. The topological polar surface area (TPSA) is 18.5 Å². The predicted molar refractivity (Wildman–Crippen MR) is 80.0 cm³/mol. The van der Waals surface area contributed by atoms with Gasteiger partial charge in [-0.1, -0.05) is 13.3 Å². The van der Waals surface area contributed by atoms with E-state index in [1.54, 1.807) is 0 Å². The fourth-order valence-corrected chi connectivity index (χ4v) is 9.88. The van der Waals surface area contributed by atoms with E-state index < -0.39 is 16.6 Å². The van der Waals surface area contributed by atoms with Crippen LogP contribution in [-0.4, -0.2) is 36.2 Å². The highest BCUT2D eigenvalue weighted by atomic mass is 28.4. The lowest BCUT2D eigenvalue weighted by molar-refractivity contribution is 0.560. The molecule has 0 aromatic carbocycles. The van der Waals surface area contributed by atoms with Crippen LogP contribution in [0, 0.1) is 0 Å². The lowest BCUT2D eigenvalue weighted by atomic mass is 10.6. The van der Waals surface area contributed by atoms with Gasteiger partial charge in [0.15, 0.2) is 16.6 Å². The maximum absolute atomic E-state index is 6.10. The Hall–Kier alpha value is 0.788. The van der Waals surface area contributed by atoms with Gasteiger partial charge in [0.1, 0.15) is 19.5 Å². The van der Waals surface area contributed by atoms with Gasteiger partial charge in [0.25, 0.3) is 0 Å². The van der Waals surface area contributed by atoms with Gasteiger partial charge in [-0.05, 0) is 44.4 Å². The van der Waals surface area contributed by atoms with Gasteiger partial charge in [-0.25, -0.2) is 0 Å². The average Bonchev–Trinajstić information content (AvgIpc) is 2.00. The van der Waals surface area contributed by atoms with Crippen molar-refractivity contribution in [3.8, 4) is 0 Å². The zero-order chi connectivity index (χ0) is 12.1. The number of hydrogen-bond acceptors (Lipinski definition) is 2. The van der Waals surface area contributed by atoms with Crippen LogP contribution in [0.2, 0.25) is 44.4 Å². The molecule has 0 radical (unpaired) electrons. The molecule has 0 heterocycles. The molecular formula is C9H28O2Si4. The first kappa shape index (κ1) is 15.8. The second kappa shape index (κ2) is 6.51. The van der Waals surface area contributed by atoms with E-state index in [4.69, 9.17) is 8.23 Å². The third-order valence-corrected chi connectivity index (χ3v) is 13.9. The Morgan fingerprint density at radius 2 is 1.20 bits per heavy atom. The van der Waals surface area contributed by atoms with Crippen molar-refractivity contribution in [2.75, 3.05) is 0 Å². The minimum absolute atomic E-state index is 0.327. The summed E-state index contributed by atoms with van der Waals surface area (Å²) >= 11 is 0. The Bertz CT molecular complexity index is 156. The molecule has 0 rings (SSSR count). The number of rotatable bonds is 7. The van der Waals surface area contributed by atoms with Crippen LogP contribution in [-0.2, 0) is 8.23 Å². The van der Waals surface area contributed by atoms with Gasteiger partial charge in [0.2, 0.25) is 0 Å². The van der Waals surface area contributed by atoms with Crippen molar-refractivity contribution in [1.82, 2.24) is 0 Å². The molecule has 2 nitrogen and oxygen atoms in total. The van der Waals surface area contributed by atoms with Crippen LogP contribution in [0.1, 0.15) is 13.3 Å². The van der Waals surface area contributed by atoms with Crippen LogP contribution in [0.5, 0.6) is 0 Å². The Morgan fingerprint density at radius 1 is 0.867 bits per heavy atom. The normalized spacial score (nSPS) is 17.0. The molecule has 0 fully saturated rings. The van der Waals surface area contributed by atoms with Gasteiger partial charge >= 0.3 is 0 Å². The Morgan fingerprint density at radius 3 is 1.40 bits per heavy atom. The standard InChI is InChI=1S/C9H28O2Si4/c1-8-9(12-10-14(2,3)4)13-11-15(5,6)7/h9H,8,12-13H2,1-7H3. The molecular weight excluding hydrogens is 252 g/mol. The summed E-state index contributed by atoms with van der Waals surface area (Å²) < 4.78 is 12.2. The van der Waals surface area contributed by atoms with Crippen LogP contribution >= 0.6 is 0 Å². The summed E-state index contributed by atoms with van der Waals surface area (Å²) in [6.45, 7) is 16.0. The Balaban J connectivity index is 3.84. The van der Waals surface area contributed by atoms with Gasteiger partial charge in [0.05, 0.1) is 0 Å². The number of hydrogen-bond donors (Lipinski definition) is 0. The molecule has 92 valence electrons. The van der Waals surface area contributed by atoms with Crippen LogP contribution < -0.4 is 0 Å². The molecule has 0 aliphatic carbocycles. The third-order valence-electron chi connectivity index (χ3n) is 2.08. The van der Waals surface area contributed by atoms with Crippen molar-refractivity contribution in [1.29, 1.82) is 0 Å². The molecule has 0 bridgehead atoms. The lowest BCUT2D eigenvalue weighted by Crippen LogP contribution is -2.34. The monoisotopic (exact) mass is 280 g/mol. The summed E-state index contributed by atoms with van der Waals surface area (Å²) in [6.07, 6.45) is 1.27. The Kier molecular flexibility index (Phi) is 6.85. The Labute approximate surface area is 102 Å². The molecule has 6 heteroatoms. The van der Waals surface area contributed by atoms with E-state index in [1.165, 1.54) is 6.42 Å². The van der Waals surface area contributed by atoms with E-state index >= 15 is 0 Å². The zero-order valence-corrected chi connectivity index (χ0v) is 16.3. The van der Waals surface area contributed by atoms with Crippen LogP contribution in [0.4, 0.5) is 0 Å². The first-order valence-corrected chi connectivity index (χ1v) is 15.5. The summed E-state index contributed by atoms with van der Waals surface area (Å²) in [5.74, 6) is 0. The van der Waals surface area contributed by atoms with Gasteiger partial charge < -0.3 is 8.23 Å². The largest absolute Gasteiger partial charge is 0.461 e. The van der Waals surface area contributed by atoms with Crippen molar-refractivity contribution in [2.24, 2.45) is 0 Å². The van der Waals surface area contributed by atoms with Crippen molar-refractivity contribution >= 4 is 36.2 Å². The zero-order valence-electron chi connectivity index (χ0n) is 11.5. The van der Waals surface area contributed by atoms with Crippen molar-refractivity contribution in [3.05, 3.63) is 0 Å². The summed E-state index contributed by atoms with van der Waals surface area (Å²) in [6, 6.07) is 0. The molecule has 0 aromatic rings. The quantitative estimate of drug-likeness (QED) is 0.664. The van der Waals surface area contributed by atoms with Crippen molar-refractivity contribution in [2.45, 2.75) is 57.8 Å². The predicted octanol–water partition coefficient (Wildman–Crippen LogP) is 2.01. The molecule has 0 unspecified atom stereocenters. The maximum Gasteiger partial charge on any atom is 0.169 e. The molecule has 0 aliphatic rings. The fraction of sp³-hybridized carbons (Fsp3) is 1.00. The average molecular weight is 281 g/mol. The van der Waals surface area contributed by atoms with Crippen LogP contribution in [0.3, 0.4) is 0 Å². The van der Waals surface area contributed by atoms with Crippen molar-refractivity contribution < 1.29 is 8.23 Å². The highest BCUT2D eigenvalue weighted by molar-refractivity contribution is 6.77. The summed E-state index contributed by atoms with van der Waals surface area (Å²) in [7, 11) is -3.20. The molecule has 0 atom stereocenters. The molecule has 0 spiro atoms. The summed E-state index contributed by atoms with van der Waals surface area (Å²) in [4.78, 5) is 0. The second-order valence-corrected chi connectivity index (χ2v) is 21.0. The second-order valence-electron chi connectivity index (χ2n) is 6.12. The van der Waals surface area contributed by atoms with Crippen molar-refractivity contribution in [3.63, 3.8) is 0 Å². The molecule has 0 N–H and O–H groups in total. The SMILES string of the molecule is CCC([SiH2]O[Si](C)(C)C)[SiH2]O[Si](C)(C)C. The van der Waals surface area contributed by atoms with E-state index in [2.05, 4.69) is 46.2 Å². The minimum atomic E-state index is -1.27. The van der Waals surface area contributed by atoms with E-state index in [0.29, 0.717) is 0 Å². The van der Waals surface area contributed by atoms with E-state index in [-0.39, 0.29) is 19.5 Å². The van der Waals surface area contributed by atoms with Crippen LogP contribution in [0.25, 0.3) is 0 Å². The summed E-state index contributed by atoms with van der Waals surface area (Å²) in [5.41, 5.74) is 0. The fourth-order valence-electron chi connectivity index (χ4n) is 1.02. The van der Waals surface area contributed by atoms with E-state index in [9.17, 15) is 0 Å². The first-order valence-electron chi connectivity index (χ1n) is 5.92. The molecule has 0 aliphatic heterocycles. The maximum atomic E-state index is 6.10. The van der Waals surface area contributed by atoms with E-state index in [0.717, 1.165) is 5.16 Å². The molecule has 0 amide bonds. The van der Waals surface area contributed by atoms with Crippen LogP contribution in [0.15, 0.2) is 0 Å². The third kappa shape index (κ3) is 11.1. The first-order chi connectivity index (χ1) is 6.64. The molecule has 0 saturated heterocycles. The highest BCUT2D eigenvalue weighted by Gasteiger charge is 2.20. The summed E-state index contributed by atoms with van der Waals surface area (Å²) in [5, 5.41) is 0.850.